The van der Waals surface area contributed by atoms with Crippen molar-refractivity contribution in [1.29, 1.82) is 0 Å². The quantitative estimate of drug-likeness (QED) is 0.410. The molecule has 0 aliphatic carbocycles. The molecule has 0 aliphatic heterocycles. The predicted octanol–water partition coefficient (Wildman–Crippen LogP) is 5.23. The molecule has 0 bridgehead atoms. The average Bonchev–Trinajstić information content (AvgIpc) is 3.11. The third-order valence-electron chi connectivity index (χ3n) is 3.87. The van der Waals surface area contributed by atoms with Gasteiger partial charge in [-0.25, -0.2) is 13.8 Å². The van der Waals surface area contributed by atoms with E-state index in [1.54, 1.807) is 6.92 Å². The van der Waals surface area contributed by atoms with Crippen molar-refractivity contribution in [2.75, 3.05) is 34.3 Å². The fourth-order valence-corrected chi connectivity index (χ4v) is 3.23. The summed E-state index contributed by atoms with van der Waals surface area (Å²) in [5, 5.41) is 6.33. The molecule has 8 heteroatoms. The van der Waals surface area contributed by atoms with Gasteiger partial charge in [0.1, 0.15) is 10.8 Å². The highest BCUT2D eigenvalue weighted by molar-refractivity contribution is 7.16. The summed E-state index contributed by atoms with van der Waals surface area (Å²) in [6.07, 6.45) is 6.12. The van der Waals surface area contributed by atoms with E-state index in [-0.39, 0.29) is 16.3 Å². The molecule has 1 heterocycles. The summed E-state index contributed by atoms with van der Waals surface area (Å²) in [7, 11) is 5.01. The number of hydrogen-bond donors (Lipinski definition) is 2. The zero-order chi connectivity index (χ0) is 22.9. The Labute approximate surface area is 183 Å². The Morgan fingerprint density at radius 3 is 2.30 bits per heavy atom. The molecule has 30 heavy (non-hydrogen) atoms. The van der Waals surface area contributed by atoms with Crippen LogP contribution < -0.4 is 15.4 Å². The van der Waals surface area contributed by atoms with Crippen molar-refractivity contribution >= 4 is 17.6 Å². The van der Waals surface area contributed by atoms with Crippen LogP contribution in [0.15, 0.2) is 12.1 Å². The number of methoxy groups -OCH3 is 1. The topological polar surface area (TPSA) is 63.2 Å². The van der Waals surface area contributed by atoms with E-state index >= 15 is 0 Å². The van der Waals surface area contributed by atoms with Crippen LogP contribution in [-0.4, -0.2) is 45.6 Å². The van der Waals surface area contributed by atoms with Gasteiger partial charge in [0.15, 0.2) is 17.9 Å². The first-order chi connectivity index (χ1) is 14.4. The molecule has 0 fully saturated rings. The van der Waals surface area contributed by atoms with Gasteiger partial charge in [-0.2, -0.15) is 0 Å². The molecule has 0 amide bonds. The van der Waals surface area contributed by atoms with Gasteiger partial charge < -0.3 is 15.4 Å². The third kappa shape index (κ3) is 10.2. The maximum atomic E-state index is 13.8. The molecule has 0 radical (unpaired) electrons. The number of carbonyl (C=O) groups is 1. The molecule has 5 nitrogen and oxygen atoms in total. The normalized spacial score (nSPS) is 9.87. The maximum absolute atomic E-state index is 13.8. The number of aldehydes is 1. The molecule has 0 atom stereocenters. The average molecular weight is 444 g/mol. The summed E-state index contributed by atoms with van der Waals surface area (Å²) >= 11 is 1.02. The zero-order valence-corrected chi connectivity index (χ0v) is 19.7. The Bertz CT molecular complexity index is 733. The molecular weight excluding hydrogens is 408 g/mol. The minimum Gasteiger partial charge on any atom is -0.494 e. The summed E-state index contributed by atoms with van der Waals surface area (Å²) in [6, 6.07) is 1.98. The minimum absolute atomic E-state index is 0.0227. The smallest absolute Gasteiger partial charge is 0.165 e. The number of carbonyl (C=O) groups excluding carboxylic acids is 1. The molecule has 0 spiro atoms. The first-order valence-electron chi connectivity index (χ1n) is 10.1. The summed E-state index contributed by atoms with van der Waals surface area (Å²) in [5.74, 6) is -1.48. The Kier molecular flexibility index (Phi) is 15.8. The van der Waals surface area contributed by atoms with Gasteiger partial charge in [0.25, 0.3) is 0 Å². The van der Waals surface area contributed by atoms with Crippen LogP contribution in [-0.2, 0) is 0 Å². The van der Waals surface area contributed by atoms with Crippen LogP contribution >= 0.6 is 11.3 Å². The highest BCUT2D eigenvalue weighted by Gasteiger charge is 2.16. The van der Waals surface area contributed by atoms with E-state index in [0.29, 0.717) is 16.9 Å². The van der Waals surface area contributed by atoms with Crippen LogP contribution in [0.2, 0.25) is 0 Å². The van der Waals surface area contributed by atoms with Crippen LogP contribution in [0.5, 0.6) is 5.75 Å². The molecular formula is C22H35F2N3O2S. The second kappa shape index (κ2) is 16.8. The largest absolute Gasteiger partial charge is 0.494 e. The first-order valence-corrected chi connectivity index (χ1v) is 11.0. The van der Waals surface area contributed by atoms with Crippen molar-refractivity contribution in [2.24, 2.45) is 0 Å². The van der Waals surface area contributed by atoms with Crippen LogP contribution in [0.25, 0.3) is 10.6 Å². The van der Waals surface area contributed by atoms with Crippen LogP contribution in [0.1, 0.15) is 54.9 Å². The van der Waals surface area contributed by atoms with Crippen molar-refractivity contribution in [1.82, 2.24) is 15.6 Å². The van der Waals surface area contributed by atoms with Crippen LogP contribution in [0.3, 0.4) is 0 Å². The van der Waals surface area contributed by atoms with E-state index in [4.69, 9.17) is 0 Å². The number of thiazole rings is 1. The van der Waals surface area contributed by atoms with Crippen molar-refractivity contribution in [3.63, 3.8) is 0 Å². The second-order valence-corrected chi connectivity index (χ2v) is 7.50. The third-order valence-corrected chi connectivity index (χ3v) is 4.98. The van der Waals surface area contributed by atoms with E-state index in [9.17, 15) is 13.6 Å². The molecule has 0 unspecified atom stereocenters. The summed E-state index contributed by atoms with van der Waals surface area (Å²) < 4.78 is 32.0. The molecule has 1 aromatic heterocycles. The summed E-state index contributed by atoms with van der Waals surface area (Å²) in [5.41, 5.74) is 0.523. The SMILES string of the molecule is CCCCCCNCC.CNC.COc1cc(F)c(-c2nc(C)c(C=O)s2)cc1F. The number of ether oxygens (including phenoxy) is 1. The molecule has 0 saturated carbocycles. The van der Waals surface area contributed by atoms with Gasteiger partial charge in [-0.3, -0.25) is 4.79 Å². The Hall–Kier alpha value is -1.90. The van der Waals surface area contributed by atoms with Crippen LogP contribution in [0, 0.1) is 18.6 Å². The number of unbranched alkanes of at least 4 members (excludes halogenated alkanes) is 3. The number of rotatable bonds is 9. The Balaban J connectivity index is 0.000000591. The first kappa shape index (κ1) is 28.1. The van der Waals surface area contributed by atoms with Crippen LogP contribution in [0.4, 0.5) is 8.78 Å². The number of aryl methyl sites for hydroxylation is 1. The Morgan fingerprint density at radius 2 is 1.80 bits per heavy atom. The van der Waals surface area contributed by atoms with Gasteiger partial charge in [-0.05, 0) is 46.6 Å². The molecule has 2 aromatic rings. The van der Waals surface area contributed by atoms with E-state index in [1.807, 2.05) is 14.1 Å². The lowest BCUT2D eigenvalue weighted by atomic mass is 10.2. The second-order valence-electron chi connectivity index (χ2n) is 6.47. The van der Waals surface area contributed by atoms with Crippen molar-refractivity contribution in [3.05, 3.63) is 34.3 Å². The van der Waals surface area contributed by atoms with Gasteiger partial charge >= 0.3 is 0 Å². The molecule has 2 rings (SSSR count). The lowest BCUT2D eigenvalue weighted by Crippen LogP contribution is -2.13. The number of nitrogens with one attached hydrogen (secondary N) is 2. The minimum atomic E-state index is -0.672. The van der Waals surface area contributed by atoms with Crippen molar-refractivity contribution < 1.29 is 18.3 Å². The van der Waals surface area contributed by atoms with E-state index < -0.39 is 11.6 Å². The fourth-order valence-electron chi connectivity index (χ4n) is 2.34. The highest BCUT2D eigenvalue weighted by atomic mass is 32.1. The summed E-state index contributed by atoms with van der Waals surface area (Å²) in [6.45, 7) is 8.36. The molecule has 0 aliphatic rings. The number of aromatic nitrogens is 1. The summed E-state index contributed by atoms with van der Waals surface area (Å²) in [4.78, 5) is 15.2. The van der Waals surface area contributed by atoms with E-state index in [1.165, 1.54) is 39.3 Å². The van der Waals surface area contributed by atoms with Gasteiger partial charge in [-0.1, -0.05) is 33.1 Å². The van der Waals surface area contributed by atoms with Crippen molar-refractivity contribution in [2.45, 2.75) is 46.5 Å². The molecule has 170 valence electrons. The van der Waals surface area contributed by atoms with E-state index in [2.05, 4.69) is 34.2 Å². The molecule has 1 aromatic carbocycles. The zero-order valence-electron chi connectivity index (χ0n) is 18.9. The fraction of sp³-hybridized carbons (Fsp3) is 0.545. The number of nitrogens with zero attached hydrogens (tertiary/aromatic N) is 1. The Morgan fingerprint density at radius 1 is 1.13 bits per heavy atom. The van der Waals surface area contributed by atoms with E-state index in [0.717, 1.165) is 30.0 Å². The monoisotopic (exact) mass is 443 g/mol. The lowest BCUT2D eigenvalue weighted by molar-refractivity contribution is 0.112. The van der Waals surface area contributed by atoms with Gasteiger partial charge in [0, 0.05) is 11.6 Å². The number of halogens is 2. The van der Waals surface area contributed by atoms with Gasteiger partial charge in [-0.15, -0.1) is 11.3 Å². The predicted molar refractivity (Wildman–Crippen MR) is 122 cm³/mol. The molecule has 2 N–H and O–H groups in total. The van der Waals surface area contributed by atoms with Gasteiger partial charge in [0.2, 0.25) is 0 Å². The maximum Gasteiger partial charge on any atom is 0.165 e. The van der Waals surface area contributed by atoms with Crippen molar-refractivity contribution in [3.8, 4) is 16.3 Å². The highest BCUT2D eigenvalue weighted by Crippen LogP contribution is 2.32. The molecule has 0 saturated heterocycles. The van der Waals surface area contributed by atoms with Gasteiger partial charge in [0.05, 0.1) is 17.7 Å². The number of hydrogen-bond acceptors (Lipinski definition) is 6. The lowest BCUT2D eigenvalue weighted by Gasteiger charge is -2.04. The number of benzene rings is 1. The standard InChI is InChI=1S/C12H9F2NO2S.C8H19N.C2H7N/c1-6-11(5-16)18-12(15-6)7-3-9(14)10(17-2)4-8(7)13;1-3-5-6-7-8-9-4-2;1-3-2/h3-5H,1-2H3;9H,3-8H2,1-2H3;3H,1-2H3.